The van der Waals surface area contributed by atoms with Crippen LogP contribution in [0.2, 0.25) is 0 Å². The van der Waals surface area contributed by atoms with Crippen molar-refractivity contribution in [2.45, 2.75) is 41.5 Å². The first-order valence-electron chi connectivity index (χ1n) is 13.0. The second kappa shape index (κ2) is 11.4. The minimum Gasteiger partial charge on any atom is -0.507 e. The van der Waals surface area contributed by atoms with Crippen molar-refractivity contribution in [1.82, 2.24) is 4.98 Å². The molecule has 0 saturated heterocycles. The van der Waals surface area contributed by atoms with Gasteiger partial charge in [-0.2, -0.15) is 0 Å². The van der Waals surface area contributed by atoms with Crippen LogP contribution < -0.4 is 0 Å². The number of rotatable bonds is 6. The van der Waals surface area contributed by atoms with Gasteiger partial charge >= 0.3 is 0 Å². The number of aromatic nitrogens is 1. The maximum Gasteiger partial charge on any atom is 0.121 e. The summed E-state index contributed by atoms with van der Waals surface area (Å²) in [5, 5.41) is 30.5. The van der Waals surface area contributed by atoms with Gasteiger partial charge in [0, 0.05) is 11.8 Å². The summed E-state index contributed by atoms with van der Waals surface area (Å²) in [7, 11) is 0. The highest BCUT2D eigenvalue weighted by Crippen LogP contribution is 2.28. The molecule has 0 aliphatic carbocycles. The lowest BCUT2D eigenvalue weighted by Crippen LogP contribution is -1.91. The zero-order valence-corrected chi connectivity index (χ0v) is 23.4. The third-order valence-corrected chi connectivity index (χ3v) is 6.93. The predicted molar refractivity (Wildman–Crippen MR) is 164 cm³/mol. The number of nitrogens with zero attached hydrogens (tertiary/aromatic N) is 1. The van der Waals surface area contributed by atoms with E-state index in [1.807, 2.05) is 108 Å². The van der Waals surface area contributed by atoms with E-state index in [0.717, 1.165) is 66.9 Å². The molecule has 1 heterocycles. The molecule has 0 aliphatic heterocycles. The Hall–Kier alpha value is -4.57. The molecule has 0 unspecified atom stereocenters. The van der Waals surface area contributed by atoms with Crippen LogP contribution in [0.25, 0.3) is 36.5 Å². The second-order valence-corrected chi connectivity index (χ2v) is 10.2. The van der Waals surface area contributed by atoms with E-state index >= 15 is 0 Å². The molecule has 1 aromatic heterocycles. The Kier molecular flexibility index (Phi) is 8.06. The number of phenols is 3. The zero-order valence-electron chi connectivity index (χ0n) is 23.4. The summed E-state index contributed by atoms with van der Waals surface area (Å²) in [6.45, 7) is 11.4. The quantitative estimate of drug-likeness (QED) is 0.239. The fourth-order valence-corrected chi connectivity index (χ4v) is 4.76. The number of aromatic hydroxyl groups is 3. The maximum absolute atomic E-state index is 10.2. The number of phenolic OH excluding ortho intramolecular Hbond substituents is 3. The van der Waals surface area contributed by atoms with E-state index in [0.29, 0.717) is 17.2 Å². The Morgan fingerprint density at radius 3 is 1.26 bits per heavy atom. The van der Waals surface area contributed by atoms with Crippen LogP contribution in [-0.4, -0.2) is 20.3 Å². The minimum absolute atomic E-state index is 0.319. The molecule has 3 N–H and O–H groups in total. The van der Waals surface area contributed by atoms with Crippen LogP contribution in [0.15, 0.2) is 48.7 Å². The first kappa shape index (κ1) is 27.5. The highest BCUT2D eigenvalue weighted by molar-refractivity contribution is 5.85. The molecule has 0 amide bonds. The van der Waals surface area contributed by atoms with Crippen LogP contribution in [0.5, 0.6) is 17.2 Å². The molecule has 4 aromatic rings. The molecule has 4 nitrogen and oxygen atoms in total. The Labute approximate surface area is 231 Å². The summed E-state index contributed by atoms with van der Waals surface area (Å²) >= 11 is 0. The van der Waals surface area contributed by atoms with Gasteiger partial charge in [0.15, 0.2) is 0 Å². The van der Waals surface area contributed by atoms with Gasteiger partial charge in [-0.3, -0.25) is 4.98 Å². The summed E-state index contributed by atoms with van der Waals surface area (Å²) in [6.07, 6.45) is 14.0. The molecule has 0 atom stereocenters. The van der Waals surface area contributed by atoms with E-state index in [1.54, 1.807) is 6.20 Å². The molecule has 198 valence electrons. The van der Waals surface area contributed by atoms with Crippen molar-refractivity contribution in [3.8, 4) is 17.2 Å². The van der Waals surface area contributed by atoms with Crippen LogP contribution in [0, 0.1) is 41.5 Å². The molecular formula is C35H35NO3. The van der Waals surface area contributed by atoms with E-state index in [-0.39, 0.29) is 0 Å². The lowest BCUT2D eigenvalue weighted by Gasteiger charge is -2.09. The van der Waals surface area contributed by atoms with Crippen molar-refractivity contribution in [3.05, 3.63) is 116 Å². The summed E-state index contributed by atoms with van der Waals surface area (Å²) in [5.41, 5.74) is 10.7. The van der Waals surface area contributed by atoms with Gasteiger partial charge in [0.25, 0.3) is 0 Å². The van der Waals surface area contributed by atoms with Gasteiger partial charge in [-0.15, -0.1) is 0 Å². The van der Waals surface area contributed by atoms with Crippen molar-refractivity contribution < 1.29 is 15.3 Å². The molecule has 0 spiro atoms. The molecule has 3 aromatic carbocycles. The van der Waals surface area contributed by atoms with Gasteiger partial charge in [-0.1, -0.05) is 30.4 Å². The summed E-state index contributed by atoms with van der Waals surface area (Å²) in [5.74, 6) is 0.964. The van der Waals surface area contributed by atoms with Crippen LogP contribution in [-0.2, 0) is 0 Å². The lowest BCUT2D eigenvalue weighted by molar-refractivity contribution is 0.466. The van der Waals surface area contributed by atoms with Crippen molar-refractivity contribution in [2.24, 2.45) is 0 Å². The van der Waals surface area contributed by atoms with Crippen LogP contribution in [0.4, 0.5) is 0 Å². The molecule has 4 heteroatoms. The third kappa shape index (κ3) is 6.29. The molecule has 4 rings (SSSR count). The minimum atomic E-state index is 0.319. The van der Waals surface area contributed by atoms with E-state index in [4.69, 9.17) is 0 Å². The van der Waals surface area contributed by atoms with Crippen molar-refractivity contribution in [3.63, 3.8) is 0 Å². The van der Waals surface area contributed by atoms with Crippen LogP contribution in [0.3, 0.4) is 0 Å². The fourth-order valence-electron chi connectivity index (χ4n) is 4.76. The average Bonchev–Trinajstić information content (AvgIpc) is 2.89. The molecule has 0 radical (unpaired) electrons. The van der Waals surface area contributed by atoms with Gasteiger partial charge < -0.3 is 15.3 Å². The van der Waals surface area contributed by atoms with E-state index in [1.165, 1.54) is 0 Å². The average molecular weight is 518 g/mol. The number of hydrogen-bond acceptors (Lipinski definition) is 4. The lowest BCUT2D eigenvalue weighted by atomic mass is 9.99. The van der Waals surface area contributed by atoms with Crippen LogP contribution in [0.1, 0.15) is 66.9 Å². The first-order valence-corrected chi connectivity index (χ1v) is 13.0. The van der Waals surface area contributed by atoms with Gasteiger partial charge in [0.1, 0.15) is 17.2 Å². The molecule has 0 aliphatic rings. The van der Waals surface area contributed by atoms with E-state index in [2.05, 4.69) is 17.1 Å². The molecule has 39 heavy (non-hydrogen) atoms. The van der Waals surface area contributed by atoms with Gasteiger partial charge in [-0.05, 0) is 146 Å². The van der Waals surface area contributed by atoms with E-state index < -0.39 is 0 Å². The Morgan fingerprint density at radius 2 is 0.846 bits per heavy atom. The molecule has 0 saturated carbocycles. The topological polar surface area (TPSA) is 73.6 Å². The van der Waals surface area contributed by atoms with Crippen molar-refractivity contribution in [2.75, 3.05) is 0 Å². The third-order valence-electron chi connectivity index (χ3n) is 6.93. The zero-order chi connectivity index (χ0) is 28.3. The summed E-state index contributed by atoms with van der Waals surface area (Å²) in [6, 6.07) is 13.7. The van der Waals surface area contributed by atoms with Gasteiger partial charge in [0.2, 0.25) is 0 Å². The highest BCUT2D eigenvalue weighted by Gasteiger charge is 2.07. The first-order chi connectivity index (χ1) is 18.5. The maximum atomic E-state index is 10.2. The largest absolute Gasteiger partial charge is 0.507 e. The number of pyridine rings is 1. The summed E-state index contributed by atoms with van der Waals surface area (Å²) in [4.78, 5) is 4.68. The predicted octanol–water partition coefficient (Wildman–Crippen LogP) is 8.56. The fraction of sp³-hybridized carbons (Fsp3) is 0.171. The van der Waals surface area contributed by atoms with Gasteiger partial charge in [0.05, 0.1) is 5.69 Å². The Bertz CT molecular complexity index is 1490. The van der Waals surface area contributed by atoms with Crippen molar-refractivity contribution >= 4 is 36.5 Å². The SMILES string of the molecule is Cc1cc(C=Cc2ccnc(C=Cc3cc(C)c(O)c(C)c3)c2C=Cc2cc(C)c(O)c(C)c2)cc(C)c1O. The Morgan fingerprint density at radius 1 is 0.487 bits per heavy atom. The van der Waals surface area contributed by atoms with Gasteiger partial charge in [-0.25, -0.2) is 0 Å². The summed E-state index contributed by atoms with van der Waals surface area (Å²) < 4.78 is 0. The molecule has 0 bridgehead atoms. The smallest absolute Gasteiger partial charge is 0.121 e. The number of benzene rings is 3. The normalized spacial score (nSPS) is 11.8. The highest BCUT2D eigenvalue weighted by atomic mass is 16.3. The monoisotopic (exact) mass is 517 g/mol. The standard InChI is InChI=1S/C35H35NO3/c1-21-15-27(16-22(2)33(21)37)7-10-30-13-14-36-32(12-9-29-19-25(5)35(39)26(6)20-29)31(30)11-8-28-17-23(3)34(38)24(4)18-28/h7-20,37-39H,1-6H3. The van der Waals surface area contributed by atoms with Crippen LogP contribution >= 0.6 is 0 Å². The Balaban J connectivity index is 1.79. The second-order valence-electron chi connectivity index (χ2n) is 10.2. The van der Waals surface area contributed by atoms with Crippen molar-refractivity contribution in [1.29, 1.82) is 0 Å². The number of aryl methyl sites for hydroxylation is 6. The number of hydrogen-bond donors (Lipinski definition) is 3. The molecular weight excluding hydrogens is 482 g/mol. The molecule has 0 fully saturated rings. The van der Waals surface area contributed by atoms with E-state index in [9.17, 15) is 15.3 Å².